The molecule has 0 saturated heterocycles. The summed E-state index contributed by atoms with van der Waals surface area (Å²) in [4.78, 5) is 14.7. The van der Waals surface area contributed by atoms with Crippen LogP contribution < -0.4 is 5.32 Å². The lowest BCUT2D eigenvalue weighted by Crippen LogP contribution is -2.28. The highest BCUT2D eigenvalue weighted by Crippen LogP contribution is 2.25. The van der Waals surface area contributed by atoms with Crippen LogP contribution in [-0.2, 0) is 4.74 Å². The molecule has 0 aliphatic rings. The highest BCUT2D eigenvalue weighted by atomic mass is 32.1. The van der Waals surface area contributed by atoms with Crippen LogP contribution in [0.5, 0.6) is 0 Å². The van der Waals surface area contributed by atoms with Crippen LogP contribution in [-0.4, -0.2) is 19.6 Å². The maximum Gasteiger partial charge on any atom is 0.251 e. The Morgan fingerprint density at radius 1 is 1.12 bits per heavy atom. The Hall–Kier alpha value is -1.95. The van der Waals surface area contributed by atoms with Crippen LogP contribution in [0.25, 0.3) is 11.1 Å². The highest BCUT2D eigenvalue weighted by molar-refractivity contribution is 7.12. The molecule has 0 fully saturated rings. The third-order valence-electron chi connectivity index (χ3n) is 3.81. The summed E-state index contributed by atoms with van der Waals surface area (Å²) in [5.74, 6) is -0.0813. The van der Waals surface area contributed by atoms with Crippen LogP contribution in [0.3, 0.4) is 0 Å². The fourth-order valence-electron chi connectivity index (χ4n) is 2.46. The predicted molar refractivity (Wildman–Crippen MR) is 101 cm³/mol. The van der Waals surface area contributed by atoms with Crippen molar-refractivity contribution in [2.24, 2.45) is 0 Å². The van der Waals surface area contributed by atoms with E-state index < -0.39 is 0 Å². The molecule has 0 spiro atoms. The summed E-state index contributed by atoms with van der Waals surface area (Å²) < 4.78 is 5.50. The van der Waals surface area contributed by atoms with Crippen molar-refractivity contribution in [1.29, 1.82) is 0 Å². The van der Waals surface area contributed by atoms with E-state index >= 15 is 0 Å². The molecule has 2 heterocycles. The first-order valence-electron chi connectivity index (χ1n) is 7.67. The molecule has 5 heteroatoms. The standard InChI is InChI=1S/C19H19NO2S2/c1-13-3-8-18(24-13)17(22-2)11-20-19(21)15-6-4-14(5-7-15)16-9-10-23-12-16/h3-10,12,17H,11H2,1-2H3,(H,20,21)/t17-/m0/s1. The molecule has 1 aromatic carbocycles. The molecule has 1 N–H and O–H groups in total. The second kappa shape index (κ2) is 7.75. The summed E-state index contributed by atoms with van der Waals surface area (Å²) in [7, 11) is 1.67. The topological polar surface area (TPSA) is 38.3 Å². The van der Waals surface area contributed by atoms with E-state index in [0.29, 0.717) is 12.1 Å². The number of aryl methyl sites for hydroxylation is 1. The summed E-state index contributed by atoms with van der Waals surface area (Å²) in [6, 6.07) is 13.9. The quantitative estimate of drug-likeness (QED) is 0.681. The number of rotatable bonds is 6. The number of hydrogen-bond acceptors (Lipinski definition) is 4. The lowest BCUT2D eigenvalue weighted by molar-refractivity contribution is 0.0837. The summed E-state index contributed by atoms with van der Waals surface area (Å²) >= 11 is 3.36. The van der Waals surface area contributed by atoms with Crippen molar-refractivity contribution in [3.8, 4) is 11.1 Å². The molecule has 0 radical (unpaired) electrons. The van der Waals surface area contributed by atoms with Crippen LogP contribution in [0.4, 0.5) is 0 Å². The third-order valence-corrected chi connectivity index (χ3v) is 5.59. The molecule has 124 valence electrons. The van der Waals surface area contributed by atoms with Crippen LogP contribution in [0.1, 0.15) is 26.2 Å². The second-order valence-corrected chi connectivity index (χ2v) is 7.57. The Bertz CT molecular complexity index is 791. The zero-order chi connectivity index (χ0) is 16.9. The van der Waals surface area contributed by atoms with Gasteiger partial charge < -0.3 is 10.1 Å². The summed E-state index contributed by atoms with van der Waals surface area (Å²) in [5.41, 5.74) is 2.96. The van der Waals surface area contributed by atoms with E-state index in [1.165, 1.54) is 10.4 Å². The van der Waals surface area contributed by atoms with Crippen molar-refractivity contribution in [3.63, 3.8) is 0 Å². The van der Waals surface area contributed by atoms with Gasteiger partial charge in [-0.3, -0.25) is 4.79 Å². The zero-order valence-electron chi connectivity index (χ0n) is 13.6. The van der Waals surface area contributed by atoms with Gasteiger partial charge in [-0.1, -0.05) is 12.1 Å². The van der Waals surface area contributed by atoms with Gasteiger partial charge in [0.15, 0.2) is 0 Å². The second-order valence-electron chi connectivity index (χ2n) is 5.47. The van der Waals surface area contributed by atoms with Gasteiger partial charge in [-0.25, -0.2) is 0 Å². The number of carbonyl (C=O) groups is 1. The number of hydrogen-bond donors (Lipinski definition) is 1. The first kappa shape index (κ1) is 16.9. The van der Waals surface area contributed by atoms with Gasteiger partial charge in [0.1, 0.15) is 6.10 Å². The minimum atomic E-state index is -0.113. The monoisotopic (exact) mass is 357 g/mol. The summed E-state index contributed by atoms with van der Waals surface area (Å²) in [6.45, 7) is 2.52. The van der Waals surface area contributed by atoms with E-state index in [2.05, 4.69) is 35.8 Å². The van der Waals surface area contributed by atoms with E-state index in [9.17, 15) is 4.79 Å². The Kier molecular flexibility index (Phi) is 5.45. The van der Waals surface area contributed by atoms with Crippen molar-refractivity contribution >= 4 is 28.6 Å². The molecule has 2 aromatic heterocycles. The lowest BCUT2D eigenvalue weighted by atomic mass is 10.1. The molecule has 0 bridgehead atoms. The van der Waals surface area contributed by atoms with E-state index in [1.54, 1.807) is 29.8 Å². The summed E-state index contributed by atoms with van der Waals surface area (Å²) in [6.07, 6.45) is -0.113. The molecular formula is C19H19NO2S2. The van der Waals surface area contributed by atoms with Crippen molar-refractivity contribution in [2.45, 2.75) is 13.0 Å². The lowest BCUT2D eigenvalue weighted by Gasteiger charge is -2.14. The Balaban J connectivity index is 1.62. The van der Waals surface area contributed by atoms with Crippen LogP contribution >= 0.6 is 22.7 Å². The van der Waals surface area contributed by atoms with Gasteiger partial charge in [0.05, 0.1) is 0 Å². The van der Waals surface area contributed by atoms with Crippen molar-refractivity contribution in [1.82, 2.24) is 5.32 Å². The maximum atomic E-state index is 12.3. The number of amides is 1. The van der Waals surface area contributed by atoms with Crippen molar-refractivity contribution < 1.29 is 9.53 Å². The average molecular weight is 358 g/mol. The molecule has 3 rings (SSSR count). The third kappa shape index (κ3) is 3.93. The Morgan fingerprint density at radius 3 is 2.50 bits per heavy atom. The molecule has 0 aliphatic heterocycles. The minimum absolute atomic E-state index is 0.0813. The zero-order valence-corrected chi connectivity index (χ0v) is 15.2. The van der Waals surface area contributed by atoms with Crippen LogP contribution in [0, 0.1) is 6.92 Å². The SMILES string of the molecule is CO[C@@H](CNC(=O)c1ccc(-c2ccsc2)cc1)c1ccc(C)s1. The van der Waals surface area contributed by atoms with Crippen LogP contribution in [0.15, 0.2) is 53.2 Å². The molecule has 3 aromatic rings. The number of nitrogens with one attached hydrogen (secondary N) is 1. The smallest absolute Gasteiger partial charge is 0.251 e. The van der Waals surface area contributed by atoms with Crippen molar-refractivity contribution in [2.75, 3.05) is 13.7 Å². The molecule has 1 amide bonds. The van der Waals surface area contributed by atoms with Gasteiger partial charge >= 0.3 is 0 Å². The fraction of sp³-hybridized carbons (Fsp3) is 0.211. The van der Waals surface area contributed by atoms with Gasteiger partial charge in [-0.2, -0.15) is 11.3 Å². The molecule has 0 saturated carbocycles. The van der Waals surface area contributed by atoms with E-state index in [0.717, 1.165) is 10.4 Å². The fourth-order valence-corrected chi connectivity index (χ4v) is 4.08. The minimum Gasteiger partial charge on any atom is -0.374 e. The van der Waals surface area contributed by atoms with Gasteiger partial charge in [0.25, 0.3) is 5.91 Å². The van der Waals surface area contributed by atoms with E-state index in [4.69, 9.17) is 4.74 Å². The molecule has 0 aliphatic carbocycles. The largest absolute Gasteiger partial charge is 0.374 e. The average Bonchev–Trinajstić information content (AvgIpc) is 3.27. The molecular weight excluding hydrogens is 338 g/mol. The summed E-state index contributed by atoms with van der Waals surface area (Å²) in [5, 5.41) is 7.10. The number of benzene rings is 1. The van der Waals surface area contributed by atoms with Gasteiger partial charge in [0.2, 0.25) is 0 Å². The predicted octanol–water partition coefficient (Wildman–Crippen LogP) is 4.90. The van der Waals surface area contributed by atoms with Gasteiger partial charge in [0, 0.05) is 29.0 Å². The van der Waals surface area contributed by atoms with Gasteiger partial charge in [-0.15, -0.1) is 11.3 Å². The first-order valence-corrected chi connectivity index (χ1v) is 9.43. The molecule has 3 nitrogen and oxygen atoms in total. The van der Waals surface area contributed by atoms with Crippen LogP contribution in [0.2, 0.25) is 0 Å². The molecule has 24 heavy (non-hydrogen) atoms. The molecule has 0 unspecified atom stereocenters. The number of carbonyl (C=O) groups excluding carboxylic acids is 1. The van der Waals surface area contributed by atoms with E-state index in [-0.39, 0.29) is 12.0 Å². The normalized spacial score (nSPS) is 12.1. The molecule has 1 atom stereocenters. The number of ether oxygens (including phenoxy) is 1. The van der Waals surface area contributed by atoms with Crippen molar-refractivity contribution in [3.05, 3.63) is 68.5 Å². The Morgan fingerprint density at radius 2 is 1.92 bits per heavy atom. The maximum absolute atomic E-state index is 12.3. The highest BCUT2D eigenvalue weighted by Gasteiger charge is 2.14. The van der Waals surface area contributed by atoms with E-state index in [1.807, 2.05) is 29.6 Å². The first-order chi connectivity index (χ1) is 11.7. The number of methoxy groups -OCH3 is 1. The Labute approximate surface area is 149 Å². The number of thiophene rings is 2. The van der Waals surface area contributed by atoms with Gasteiger partial charge in [-0.05, 0) is 59.1 Å².